The second-order valence-corrected chi connectivity index (χ2v) is 8.13. The van der Waals surface area contributed by atoms with Crippen molar-refractivity contribution in [2.24, 2.45) is 0 Å². The van der Waals surface area contributed by atoms with Gasteiger partial charge in [-0.1, -0.05) is 42.5 Å². The molecule has 0 saturated carbocycles. The van der Waals surface area contributed by atoms with Gasteiger partial charge in [-0.15, -0.1) is 0 Å². The van der Waals surface area contributed by atoms with Crippen molar-refractivity contribution in [3.8, 4) is 5.75 Å². The Bertz CT molecular complexity index is 770. The number of halogens is 1. The van der Waals surface area contributed by atoms with Gasteiger partial charge in [-0.2, -0.15) is 0 Å². The van der Waals surface area contributed by atoms with Crippen LogP contribution in [-0.4, -0.2) is 36.9 Å². The van der Waals surface area contributed by atoms with Gasteiger partial charge in [0, 0.05) is 13.1 Å². The molecule has 2 aromatic carbocycles. The van der Waals surface area contributed by atoms with Crippen molar-refractivity contribution in [1.29, 1.82) is 0 Å². The second-order valence-electron chi connectivity index (χ2n) is 7.27. The Morgan fingerprint density at radius 2 is 1.78 bits per heavy atom. The summed E-state index contributed by atoms with van der Waals surface area (Å²) in [7, 11) is 0. The number of nitrogens with one attached hydrogen (secondary N) is 1. The van der Waals surface area contributed by atoms with E-state index in [0.717, 1.165) is 16.8 Å². The number of hydrogen-bond acceptors (Lipinski definition) is 5. The fraction of sp³-hybridized carbons (Fsp3) is 0.429. The molecule has 0 amide bonds. The summed E-state index contributed by atoms with van der Waals surface area (Å²) in [4.78, 5) is 0. The Balaban J connectivity index is 1.45. The van der Waals surface area contributed by atoms with Crippen LogP contribution in [0.15, 0.2) is 59.1 Å². The van der Waals surface area contributed by atoms with Crippen LogP contribution in [-0.2, 0) is 20.8 Å². The molecule has 27 heavy (non-hydrogen) atoms. The Hall–Kier alpha value is -1.44. The molecule has 5 nitrogen and oxygen atoms in total. The van der Waals surface area contributed by atoms with Crippen LogP contribution in [0.25, 0.3) is 0 Å². The summed E-state index contributed by atoms with van der Waals surface area (Å²) < 4.78 is 25.3. The molecule has 1 N–H and O–H groups in total. The van der Waals surface area contributed by atoms with Crippen molar-refractivity contribution in [3.63, 3.8) is 0 Å². The monoisotopic (exact) mass is 433 g/mol. The highest BCUT2D eigenvalue weighted by atomic mass is 79.9. The molecule has 2 saturated heterocycles. The molecule has 2 heterocycles. The Labute approximate surface area is 168 Å². The number of hydrogen-bond donors (Lipinski definition) is 1. The lowest BCUT2D eigenvalue weighted by Gasteiger charge is -2.27. The van der Waals surface area contributed by atoms with Crippen molar-refractivity contribution >= 4 is 15.9 Å². The SMILES string of the molecule is CC1(C)O[C@H]2O[C@H](CNCc3ccccc3)[C@H](Oc3ccccc3Br)[C@H]2O1. The maximum absolute atomic E-state index is 6.31. The van der Waals surface area contributed by atoms with Gasteiger partial charge in [0.05, 0.1) is 4.47 Å². The van der Waals surface area contributed by atoms with Crippen LogP contribution in [0.1, 0.15) is 19.4 Å². The fourth-order valence-electron chi connectivity index (χ4n) is 3.50. The van der Waals surface area contributed by atoms with E-state index in [0.29, 0.717) is 6.54 Å². The van der Waals surface area contributed by atoms with Gasteiger partial charge in [0.1, 0.15) is 11.9 Å². The number of para-hydroxylation sites is 1. The highest BCUT2D eigenvalue weighted by molar-refractivity contribution is 9.10. The van der Waals surface area contributed by atoms with Gasteiger partial charge in [0.2, 0.25) is 0 Å². The van der Waals surface area contributed by atoms with Gasteiger partial charge in [0.15, 0.2) is 24.3 Å². The normalized spacial score (nSPS) is 28.9. The van der Waals surface area contributed by atoms with E-state index in [1.54, 1.807) is 0 Å². The average molecular weight is 434 g/mol. The minimum absolute atomic E-state index is 0.174. The van der Waals surface area contributed by atoms with E-state index in [-0.39, 0.29) is 18.3 Å². The Morgan fingerprint density at radius 1 is 1.04 bits per heavy atom. The lowest BCUT2D eigenvalue weighted by molar-refractivity contribution is -0.212. The van der Waals surface area contributed by atoms with Gasteiger partial charge >= 0.3 is 0 Å². The predicted molar refractivity (Wildman–Crippen MR) is 105 cm³/mol. The minimum Gasteiger partial charge on any atom is -0.484 e. The number of rotatable bonds is 6. The Kier molecular flexibility index (Phi) is 5.53. The van der Waals surface area contributed by atoms with E-state index in [9.17, 15) is 0 Å². The van der Waals surface area contributed by atoms with E-state index in [4.69, 9.17) is 18.9 Å². The van der Waals surface area contributed by atoms with Crippen molar-refractivity contribution in [3.05, 3.63) is 64.6 Å². The summed E-state index contributed by atoms with van der Waals surface area (Å²) in [6.07, 6.45) is -1.13. The molecular weight excluding hydrogens is 410 g/mol. The maximum Gasteiger partial charge on any atom is 0.191 e. The summed E-state index contributed by atoms with van der Waals surface area (Å²) in [5.74, 6) is 0.0981. The van der Waals surface area contributed by atoms with Crippen molar-refractivity contribution in [2.45, 2.75) is 50.8 Å². The third-order valence-corrected chi connectivity index (χ3v) is 5.36. The standard InChI is InChI=1S/C21H24BrNO4/c1-21(2)26-19-18(24-16-11-7-6-10-15(16)22)17(25-20(19)27-21)13-23-12-14-8-4-3-5-9-14/h3-11,17-20,23H,12-13H2,1-2H3/t17-,18+,19-,20-/m1/s1. The topological polar surface area (TPSA) is 49.0 Å². The van der Waals surface area contributed by atoms with Gasteiger partial charge in [-0.05, 0) is 47.5 Å². The van der Waals surface area contributed by atoms with Gasteiger partial charge < -0.3 is 24.3 Å². The molecule has 0 bridgehead atoms. The largest absolute Gasteiger partial charge is 0.484 e. The maximum atomic E-state index is 6.31. The predicted octanol–water partition coefficient (Wildman–Crippen LogP) is 3.86. The first kappa shape index (κ1) is 18.9. The van der Waals surface area contributed by atoms with E-state index in [1.807, 2.05) is 56.3 Å². The summed E-state index contributed by atoms with van der Waals surface area (Å²) in [5, 5.41) is 3.46. The van der Waals surface area contributed by atoms with Crippen LogP contribution in [0, 0.1) is 0 Å². The quantitative estimate of drug-likeness (QED) is 0.749. The van der Waals surface area contributed by atoms with Gasteiger partial charge in [-0.3, -0.25) is 0 Å². The first-order valence-corrected chi connectivity index (χ1v) is 9.98. The molecule has 0 unspecified atom stereocenters. The molecule has 0 aliphatic carbocycles. The molecule has 4 atom stereocenters. The average Bonchev–Trinajstić information content (AvgIpc) is 3.10. The van der Waals surface area contributed by atoms with E-state index >= 15 is 0 Å². The molecule has 0 aromatic heterocycles. The molecule has 144 valence electrons. The number of fused-ring (bicyclic) bond motifs is 1. The van der Waals surface area contributed by atoms with Crippen LogP contribution < -0.4 is 10.1 Å². The summed E-state index contributed by atoms with van der Waals surface area (Å²) >= 11 is 3.55. The molecule has 4 rings (SSSR count). The molecule has 2 aliphatic rings. The van der Waals surface area contributed by atoms with E-state index < -0.39 is 12.1 Å². The minimum atomic E-state index is -0.673. The van der Waals surface area contributed by atoms with Crippen LogP contribution in [0.4, 0.5) is 0 Å². The Morgan fingerprint density at radius 3 is 2.56 bits per heavy atom. The number of ether oxygens (including phenoxy) is 4. The van der Waals surface area contributed by atoms with Crippen LogP contribution in [0.2, 0.25) is 0 Å². The molecule has 0 radical (unpaired) electrons. The molecule has 2 aromatic rings. The molecule has 2 aliphatic heterocycles. The van der Waals surface area contributed by atoms with E-state index in [2.05, 4.69) is 33.4 Å². The molecule has 2 fully saturated rings. The lowest BCUT2D eigenvalue weighted by atomic mass is 10.1. The van der Waals surface area contributed by atoms with Crippen LogP contribution >= 0.6 is 15.9 Å². The number of benzene rings is 2. The fourth-order valence-corrected chi connectivity index (χ4v) is 3.87. The molecule has 6 heteroatoms. The second kappa shape index (κ2) is 7.89. The van der Waals surface area contributed by atoms with Gasteiger partial charge in [0.25, 0.3) is 0 Å². The van der Waals surface area contributed by atoms with Crippen LogP contribution in [0.5, 0.6) is 5.75 Å². The van der Waals surface area contributed by atoms with Crippen molar-refractivity contribution in [1.82, 2.24) is 5.32 Å². The zero-order chi connectivity index (χ0) is 18.9. The first-order valence-electron chi connectivity index (χ1n) is 9.19. The zero-order valence-corrected chi connectivity index (χ0v) is 17.0. The summed E-state index contributed by atoms with van der Waals surface area (Å²) in [6.45, 7) is 5.20. The third kappa shape index (κ3) is 4.36. The lowest BCUT2D eigenvalue weighted by Crippen LogP contribution is -2.43. The highest BCUT2D eigenvalue weighted by Gasteiger charge is 2.56. The molecule has 0 spiro atoms. The van der Waals surface area contributed by atoms with E-state index in [1.165, 1.54) is 5.56 Å². The van der Waals surface area contributed by atoms with Crippen LogP contribution in [0.3, 0.4) is 0 Å². The highest BCUT2D eigenvalue weighted by Crippen LogP contribution is 2.39. The molecular formula is C21H24BrNO4. The first-order chi connectivity index (χ1) is 13.0. The smallest absolute Gasteiger partial charge is 0.191 e. The third-order valence-electron chi connectivity index (χ3n) is 4.70. The summed E-state index contributed by atoms with van der Waals surface area (Å²) in [6, 6.07) is 18.1. The summed E-state index contributed by atoms with van der Waals surface area (Å²) in [5.41, 5.74) is 1.23. The van der Waals surface area contributed by atoms with Gasteiger partial charge in [-0.25, -0.2) is 0 Å². The zero-order valence-electron chi connectivity index (χ0n) is 15.4. The van der Waals surface area contributed by atoms with Crippen molar-refractivity contribution < 1.29 is 18.9 Å². The van der Waals surface area contributed by atoms with Crippen molar-refractivity contribution in [2.75, 3.05) is 6.54 Å².